The number of nitrogens with zero attached hydrogens (tertiary/aromatic N) is 2. The Labute approximate surface area is 152 Å². The second kappa shape index (κ2) is 6.25. The second-order valence-electron chi connectivity index (χ2n) is 7.53. The van der Waals surface area contributed by atoms with E-state index in [0.29, 0.717) is 30.2 Å². The summed E-state index contributed by atoms with van der Waals surface area (Å²) in [5, 5.41) is 0. The molecule has 2 aliphatic heterocycles. The minimum atomic E-state index is -0.160. The summed E-state index contributed by atoms with van der Waals surface area (Å²) in [6.45, 7) is 1.19. The van der Waals surface area contributed by atoms with E-state index in [-0.39, 0.29) is 16.7 Å². The van der Waals surface area contributed by atoms with Crippen LogP contribution in [0.3, 0.4) is 0 Å². The molecule has 2 aromatic rings. The molecule has 1 saturated carbocycles. The number of methoxy groups -OCH3 is 2. The summed E-state index contributed by atoms with van der Waals surface area (Å²) < 4.78 is 18.6. The second-order valence-corrected chi connectivity index (χ2v) is 7.53. The third-order valence-corrected chi connectivity index (χ3v) is 5.97. The van der Waals surface area contributed by atoms with Gasteiger partial charge in [-0.2, -0.15) is 0 Å². The molecule has 7 heteroatoms. The predicted octanol–water partition coefficient (Wildman–Crippen LogP) is 1.84. The van der Waals surface area contributed by atoms with E-state index in [9.17, 15) is 4.79 Å². The van der Waals surface area contributed by atoms with Gasteiger partial charge in [-0.25, -0.2) is 4.98 Å². The van der Waals surface area contributed by atoms with Gasteiger partial charge in [0.1, 0.15) is 0 Å². The molecule has 0 radical (unpaired) electrons. The first-order chi connectivity index (χ1) is 12.5. The van der Waals surface area contributed by atoms with Crippen molar-refractivity contribution in [2.24, 2.45) is 5.73 Å². The maximum absolute atomic E-state index is 12.5. The number of hydrogen-bond acceptors (Lipinski definition) is 6. The van der Waals surface area contributed by atoms with E-state index in [4.69, 9.17) is 19.9 Å². The molecule has 2 N–H and O–H groups in total. The van der Waals surface area contributed by atoms with E-state index in [1.54, 1.807) is 24.9 Å². The summed E-state index contributed by atoms with van der Waals surface area (Å²) >= 11 is 0. The van der Waals surface area contributed by atoms with Crippen molar-refractivity contribution in [2.45, 2.75) is 49.8 Å². The third-order valence-electron chi connectivity index (χ3n) is 5.97. The average molecular weight is 359 g/mol. The number of aromatic nitrogens is 2. The van der Waals surface area contributed by atoms with Gasteiger partial charge in [0.05, 0.1) is 43.7 Å². The lowest BCUT2D eigenvalue weighted by molar-refractivity contribution is -0.157. The molecule has 0 unspecified atom stereocenters. The van der Waals surface area contributed by atoms with E-state index < -0.39 is 0 Å². The fourth-order valence-corrected chi connectivity index (χ4v) is 4.15. The van der Waals surface area contributed by atoms with Crippen LogP contribution in [-0.4, -0.2) is 41.5 Å². The van der Waals surface area contributed by atoms with Crippen molar-refractivity contribution in [3.8, 4) is 11.5 Å². The molecule has 1 aromatic heterocycles. The number of hydrogen-bond donors (Lipinski definition) is 1. The summed E-state index contributed by atoms with van der Waals surface area (Å²) in [7, 11) is 3.16. The normalized spacial score (nSPS) is 27.7. The van der Waals surface area contributed by atoms with Gasteiger partial charge in [0, 0.05) is 24.2 Å². The minimum Gasteiger partial charge on any atom is -0.493 e. The summed E-state index contributed by atoms with van der Waals surface area (Å²) in [6.07, 6.45) is 6.04. The van der Waals surface area contributed by atoms with Crippen LogP contribution in [-0.2, 0) is 11.3 Å². The summed E-state index contributed by atoms with van der Waals surface area (Å²) in [5.74, 6) is 1.18. The van der Waals surface area contributed by atoms with Gasteiger partial charge in [0.2, 0.25) is 0 Å². The van der Waals surface area contributed by atoms with Gasteiger partial charge < -0.3 is 24.5 Å². The molecule has 0 spiro atoms. The zero-order valence-electron chi connectivity index (χ0n) is 15.3. The number of rotatable bonds is 5. The Hall–Kier alpha value is -2.12. The van der Waals surface area contributed by atoms with Gasteiger partial charge in [0.25, 0.3) is 5.56 Å². The number of ether oxygens (including phenoxy) is 3. The number of nitrogens with two attached hydrogens (primary N) is 1. The molecule has 1 aliphatic carbocycles. The van der Waals surface area contributed by atoms with Crippen LogP contribution in [0.25, 0.3) is 11.0 Å². The van der Waals surface area contributed by atoms with Crippen LogP contribution in [0.4, 0.5) is 0 Å². The quantitative estimate of drug-likeness (QED) is 0.876. The van der Waals surface area contributed by atoms with Gasteiger partial charge in [-0.1, -0.05) is 0 Å². The van der Waals surface area contributed by atoms with Crippen molar-refractivity contribution in [3.05, 3.63) is 28.7 Å². The zero-order valence-corrected chi connectivity index (χ0v) is 15.3. The highest BCUT2D eigenvalue weighted by Gasteiger charge is 2.47. The lowest BCUT2D eigenvalue weighted by Crippen LogP contribution is -2.59. The highest BCUT2D eigenvalue weighted by atomic mass is 16.5. The molecule has 1 aromatic carbocycles. The fraction of sp³-hybridized carbons (Fsp3) is 0.579. The zero-order chi connectivity index (χ0) is 18.4. The van der Waals surface area contributed by atoms with Crippen LogP contribution in [0.1, 0.15) is 32.1 Å². The Morgan fingerprint density at radius 1 is 1.19 bits per heavy atom. The van der Waals surface area contributed by atoms with E-state index in [2.05, 4.69) is 4.98 Å². The Morgan fingerprint density at radius 3 is 2.50 bits per heavy atom. The minimum absolute atomic E-state index is 0.124. The topological polar surface area (TPSA) is 88.6 Å². The molecule has 26 heavy (non-hydrogen) atoms. The molecular weight excluding hydrogens is 334 g/mol. The van der Waals surface area contributed by atoms with Crippen molar-refractivity contribution in [1.29, 1.82) is 0 Å². The van der Waals surface area contributed by atoms with Crippen LogP contribution in [0.5, 0.6) is 11.5 Å². The third kappa shape index (κ3) is 2.85. The van der Waals surface area contributed by atoms with Gasteiger partial charge in [-0.3, -0.25) is 4.79 Å². The van der Waals surface area contributed by atoms with Crippen molar-refractivity contribution < 1.29 is 14.2 Å². The van der Waals surface area contributed by atoms with Crippen molar-refractivity contribution >= 4 is 11.0 Å². The van der Waals surface area contributed by atoms with Crippen LogP contribution in [0, 0.1) is 0 Å². The summed E-state index contributed by atoms with van der Waals surface area (Å²) in [6, 6.07) is 3.61. The number of benzene rings is 1. The van der Waals surface area contributed by atoms with Crippen LogP contribution in [0.15, 0.2) is 23.1 Å². The van der Waals surface area contributed by atoms with Gasteiger partial charge in [0.15, 0.2) is 11.5 Å². The van der Waals surface area contributed by atoms with E-state index >= 15 is 0 Å². The van der Waals surface area contributed by atoms with Gasteiger partial charge >= 0.3 is 0 Å². The maximum atomic E-state index is 12.5. The molecule has 3 aliphatic rings. The molecular formula is C19H25N3O4. The highest BCUT2D eigenvalue weighted by molar-refractivity contribution is 5.79. The molecule has 0 atom stereocenters. The van der Waals surface area contributed by atoms with Gasteiger partial charge in [-0.05, 0) is 32.1 Å². The van der Waals surface area contributed by atoms with Gasteiger partial charge in [-0.15, -0.1) is 0 Å². The molecule has 2 bridgehead atoms. The predicted molar refractivity (Wildman–Crippen MR) is 97.8 cm³/mol. The number of fused-ring (bicyclic) bond motifs is 4. The van der Waals surface area contributed by atoms with Crippen LogP contribution in [0.2, 0.25) is 0 Å². The highest BCUT2D eigenvalue weighted by Crippen LogP contribution is 2.44. The lowest BCUT2D eigenvalue weighted by atomic mass is 9.70. The van der Waals surface area contributed by atoms with Crippen molar-refractivity contribution in [1.82, 2.24) is 9.55 Å². The fourth-order valence-electron chi connectivity index (χ4n) is 4.15. The first-order valence-corrected chi connectivity index (χ1v) is 9.02. The van der Waals surface area contributed by atoms with Crippen LogP contribution >= 0.6 is 0 Å². The molecule has 140 valence electrons. The first kappa shape index (κ1) is 17.3. The smallest absolute Gasteiger partial charge is 0.269 e. The Balaban J connectivity index is 1.66. The average Bonchev–Trinajstić information content (AvgIpc) is 2.67. The largest absolute Gasteiger partial charge is 0.493 e. The molecule has 3 heterocycles. The number of aryl methyl sites for hydroxylation is 1. The van der Waals surface area contributed by atoms with E-state index in [1.165, 1.54) is 6.20 Å². The van der Waals surface area contributed by atoms with Crippen LogP contribution < -0.4 is 20.8 Å². The summed E-state index contributed by atoms with van der Waals surface area (Å²) in [4.78, 5) is 16.7. The van der Waals surface area contributed by atoms with E-state index in [1.807, 2.05) is 6.07 Å². The molecule has 2 saturated heterocycles. The Morgan fingerprint density at radius 2 is 1.88 bits per heavy atom. The molecule has 0 amide bonds. The lowest BCUT2D eigenvalue weighted by Gasteiger charge is -2.51. The molecule has 5 rings (SSSR count). The SMILES string of the molecule is COc1cc2ncc(=O)n(CCC34CCC(N)(CC3)CO4)c2cc1OC. The van der Waals surface area contributed by atoms with Crippen molar-refractivity contribution in [2.75, 3.05) is 20.8 Å². The maximum Gasteiger partial charge on any atom is 0.269 e. The molecule has 3 fully saturated rings. The Bertz CT molecular complexity index is 868. The summed E-state index contributed by atoms with van der Waals surface area (Å²) in [5.41, 5.74) is 7.32. The standard InChI is InChI=1S/C19H25N3O4/c1-24-15-9-13-14(10-16(15)25-2)22(17(23)11-21-13)8-7-19-5-3-18(20,4-6-19)12-26-19/h9-11H,3-8,12,20H2,1-2H3. The molecule has 7 nitrogen and oxygen atoms in total. The first-order valence-electron chi connectivity index (χ1n) is 9.02. The monoisotopic (exact) mass is 359 g/mol. The van der Waals surface area contributed by atoms with Crippen molar-refractivity contribution in [3.63, 3.8) is 0 Å². The Kier molecular flexibility index (Phi) is 4.16. The van der Waals surface area contributed by atoms with E-state index in [0.717, 1.165) is 37.6 Å².